The maximum Gasteiger partial charge on any atom is 0.335 e. The number of rotatable bonds is 4. The van der Waals surface area contributed by atoms with Crippen LogP contribution in [0.2, 0.25) is 5.02 Å². The second-order valence-corrected chi connectivity index (χ2v) is 6.89. The quantitative estimate of drug-likeness (QED) is 0.609. The first-order chi connectivity index (χ1) is 13.8. The first kappa shape index (κ1) is 20.4. The van der Waals surface area contributed by atoms with Crippen LogP contribution in [0.5, 0.6) is 11.5 Å². The monoisotopic (exact) mass is 414 g/mol. The van der Waals surface area contributed by atoms with Crippen molar-refractivity contribution in [3.8, 4) is 11.5 Å². The van der Waals surface area contributed by atoms with E-state index in [1.165, 1.54) is 26.4 Å². The van der Waals surface area contributed by atoms with Crippen molar-refractivity contribution in [1.82, 2.24) is 5.32 Å². The molecule has 4 amide bonds. The molecule has 2 aromatic carbocycles. The molecule has 150 valence electrons. The minimum atomic E-state index is -0.797. The Morgan fingerprint density at radius 2 is 1.76 bits per heavy atom. The van der Waals surface area contributed by atoms with E-state index < -0.39 is 17.8 Å². The number of carbonyl (C=O) groups excluding carboxylic acids is 3. The van der Waals surface area contributed by atoms with Crippen LogP contribution in [0.3, 0.4) is 0 Å². The zero-order valence-electron chi connectivity index (χ0n) is 16.3. The molecule has 1 aliphatic heterocycles. The molecule has 1 saturated heterocycles. The highest BCUT2D eigenvalue weighted by molar-refractivity contribution is 6.39. The summed E-state index contributed by atoms with van der Waals surface area (Å²) in [5, 5.41) is 2.46. The van der Waals surface area contributed by atoms with Gasteiger partial charge in [-0.05, 0) is 49.2 Å². The number of imide groups is 2. The van der Waals surface area contributed by atoms with Crippen LogP contribution in [-0.4, -0.2) is 32.1 Å². The summed E-state index contributed by atoms with van der Waals surface area (Å²) in [4.78, 5) is 38.7. The fourth-order valence-electron chi connectivity index (χ4n) is 3.12. The highest BCUT2D eigenvalue weighted by atomic mass is 35.5. The maximum atomic E-state index is 13.0. The van der Waals surface area contributed by atoms with Crippen molar-refractivity contribution in [2.45, 2.75) is 13.8 Å². The minimum Gasteiger partial charge on any atom is -0.493 e. The molecule has 1 N–H and O–H groups in total. The van der Waals surface area contributed by atoms with Gasteiger partial charge in [-0.2, -0.15) is 0 Å². The number of barbiturate groups is 1. The summed E-state index contributed by atoms with van der Waals surface area (Å²) in [6.45, 7) is 3.70. The largest absolute Gasteiger partial charge is 0.493 e. The van der Waals surface area contributed by atoms with Gasteiger partial charge in [0, 0.05) is 0 Å². The molecule has 0 radical (unpaired) electrons. The van der Waals surface area contributed by atoms with Crippen LogP contribution in [0.15, 0.2) is 35.9 Å². The number of amides is 4. The Kier molecular flexibility index (Phi) is 5.61. The van der Waals surface area contributed by atoms with Crippen molar-refractivity contribution in [3.63, 3.8) is 0 Å². The number of nitrogens with one attached hydrogen (secondary N) is 1. The van der Waals surface area contributed by atoms with E-state index in [4.69, 9.17) is 21.1 Å². The number of hydrogen-bond donors (Lipinski definition) is 1. The van der Waals surface area contributed by atoms with Gasteiger partial charge in [0.1, 0.15) is 5.57 Å². The van der Waals surface area contributed by atoms with Gasteiger partial charge in [0.05, 0.1) is 24.9 Å². The minimum absolute atomic E-state index is 0.201. The second-order valence-electron chi connectivity index (χ2n) is 6.49. The molecule has 8 heteroatoms. The fraction of sp³-hybridized carbons (Fsp3) is 0.190. The lowest BCUT2D eigenvalue weighted by atomic mass is 10.0. The topological polar surface area (TPSA) is 84.9 Å². The first-order valence-corrected chi connectivity index (χ1v) is 9.04. The third-order valence-corrected chi connectivity index (χ3v) is 4.74. The standard InChI is InChI=1S/C21H19ClN2O5/c1-11-5-6-16(12(2)7-11)24-20(26)14(19(25)23-21(24)27)8-13-9-15(22)18(29-4)17(10-13)28-3/h5-10H,1-4H3,(H,23,25,27)/b14-8+. The molecule has 0 saturated carbocycles. The molecule has 0 unspecified atom stereocenters. The van der Waals surface area contributed by atoms with E-state index in [2.05, 4.69) is 5.32 Å². The van der Waals surface area contributed by atoms with Crippen molar-refractivity contribution in [1.29, 1.82) is 0 Å². The van der Waals surface area contributed by atoms with Crippen LogP contribution in [0.25, 0.3) is 6.08 Å². The van der Waals surface area contributed by atoms with Crippen LogP contribution in [-0.2, 0) is 9.59 Å². The number of carbonyl (C=O) groups is 3. The van der Waals surface area contributed by atoms with Crippen molar-refractivity contribution in [2.24, 2.45) is 0 Å². The molecule has 0 bridgehead atoms. The van der Waals surface area contributed by atoms with Crippen molar-refractivity contribution in [2.75, 3.05) is 19.1 Å². The lowest BCUT2D eigenvalue weighted by Gasteiger charge is -2.27. The van der Waals surface area contributed by atoms with E-state index in [1.807, 2.05) is 13.0 Å². The molecule has 0 spiro atoms. The van der Waals surface area contributed by atoms with Gasteiger partial charge >= 0.3 is 6.03 Å². The molecule has 0 aliphatic carbocycles. The molecule has 1 aliphatic rings. The second kappa shape index (κ2) is 7.97. The number of benzene rings is 2. The zero-order valence-corrected chi connectivity index (χ0v) is 17.1. The summed E-state index contributed by atoms with van der Waals surface area (Å²) in [6.07, 6.45) is 1.36. The van der Waals surface area contributed by atoms with Gasteiger partial charge in [-0.1, -0.05) is 29.3 Å². The maximum absolute atomic E-state index is 13.0. The Morgan fingerprint density at radius 3 is 2.38 bits per heavy atom. The Balaban J connectivity index is 2.07. The normalized spacial score (nSPS) is 15.6. The molecule has 1 fully saturated rings. The van der Waals surface area contributed by atoms with Crippen molar-refractivity contribution in [3.05, 3.63) is 57.6 Å². The van der Waals surface area contributed by atoms with E-state index >= 15 is 0 Å². The molecule has 3 rings (SSSR count). The van der Waals surface area contributed by atoms with Crippen LogP contribution in [0.1, 0.15) is 16.7 Å². The van der Waals surface area contributed by atoms with E-state index in [9.17, 15) is 14.4 Å². The van der Waals surface area contributed by atoms with E-state index in [1.54, 1.807) is 25.1 Å². The third-order valence-electron chi connectivity index (χ3n) is 4.46. The number of aryl methyl sites for hydroxylation is 2. The summed E-state index contributed by atoms with van der Waals surface area (Å²) in [5.74, 6) is -0.829. The lowest BCUT2D eigenvalue weighted by molar-refractivity contribution is -0.122. The fourth-order valence-corrected chi connectivity index (χ4v) is 3.42. The van der Waals surface area contributed by atoms with Crippen LogP contribution in [0.4, 0.5) is 10.5 Å². The number of urea groups is 1. The number of anilines is 1. The van der Waals surface area contributed by atoms with Gasteiger partial charge < -0.3 is 9.47 Å². The summed E-state index contributed by atoms with van der Waals surface area (Å²) in [6, 6.07) is 7.63. The highest BCUT2D eigenvalue weighted by Gasteiger charge is 2.37. The van der Waals surface area contributed by atoms with E-state index in [-0.39, 0.29) is 10.6 Å². The Morgan fingerprint density at radius 1 is 1.03 bits per heavy atom. The number of hydrogen-bond acceptors (Lipinski definition) is 5. The average Bonchev–Trinajstić information content (AvgIpc) is 2.66. The van der Waals surface area contributed by atoms with Gasteiger partial charge in [-0.25, -0.2) is 9.69 Å². The molecular weight excluding hydrogens is 396 g/mol. The van der Waals surface area contributed by atoms with Crippen molar-refractivity contribution < 1.29 is 23.9 Å². The molecule has 7 nitrogen and oxygen atoms in total. The number of methoxy groups -OCH3 is 2. The first-order valence-electron chi connectivity index (χ1n) is 8.67. The predicted octanol–water partition coefficient (Wildman–Crippen LogP) is 3.64. The van der Waals surface area contributed by atoms with E-state index in [0.717, 1.165) is 16.0 Å². The van der Waals surface area contributed by atoms with E-state index in [0.29, 0.717) is 22.7 Å². The zero-order chi connectivity index (χ0) is 21.3. The van der Waals surface area contributed by atoms with Crippen LogP contribution < -0.4 is 19.7 Å². The van der Waals surface area contributed by atoms with Crippen LogP contribution in [0, 0.1) is 13.8 Å². The predicted molar refractivity (Wildman–Crippen MR) is 109 cm³/mol. The molecule has 29 heavy (non-hydrogen) atoms. The summed E-state index contributed by atoms with van der Waals surface area (Å²) < 4.78 is 10.4. The SMILES string of the molecule is COc1cc(/C=C2\C(=O)NC(=O)N(c3ccc(C)cc3C)C2=O)cc(Cl)c1OC. The van der Waals surface area contributed by atoms with Gasteiger partial charge in [-0.15, -0.1) is 0 Å². The van der Waals surface area contributed by atoms with Gasteiger partial charge in [-0.3, -0.25) is 14.9 Å². The van der Waals surface area contributed by atoms with Gasteiger partial charge in [0.15, 0.2) is 11.5 Å². The summed E-state index contributed by atoms with van der Waals surface area (Å²) in [5.41, 5.74) is 2.37. The Bertz CT molecular complexity index is 1060. The van der Waals surface area contributed by atoms with Crippen LogP contribution >= 0.6 is 11.6 Å². The van der Waals surface area contributed by atoms with Crippen molar-refractivity contribution >= 4 is 41.2 Å². The molecule has 0 atom stereocenters. The Labute approximate surface area is 172 Å². The number of nitrogens with zero attached hydrogens (tertiary/aromatic N) is 1. The summed E-state index contributed by atoms with van der Waals surface area (Å²) in [7, 11) is 2.90. The Hall–Kier alpha value is -3.32. The molecule has 2 aromatic rings. The smallest absolute Gasteiger partial charge is 0.335 e. The molecule has 1 heterocycles. The molecular formula is C21H19ClN2O5. The van der Waals surface area contributed by atoms with Gasteiger partial charge in [0.2, 0.25) is 0 Å². The number of ether oxygens (including phenoxy) is 2. The summed E-state index contributed by atoms with van der Waals surface area (Å²) >= 11 is 6.20. The lowest BCUT2D eigenvalue weighted by Crippen LogP contribution is -2.54. The highest BCUT2D eigenvalue weighted by Crippen LogP contribution is 2.37. The average molecular weight is 415 g/mol. The van der Waals surface area contributed by atoms with Gasteiger partial charge in [0.25, 0.3) is 11.8 Å². The number of halogens is 1. The molecule has 0 aromatic heterocycles. The third kappa shape index (κ3) is 3.82.